The number of hydrogen-bond acceptors (Lipinski definition) is 7. The Labute approximate surface area is 209 Å². The Morgan fingerprint density at radius 2 is 1.62 bits per heavy atom. The van der Waals surface area contributed by atoms with Gasteiger partial charge in [-0.15, -0.1) is 0 Å². The number of furan rings is 1. The molecule has 0 saturated heterocycles. The maximum Gasteiger partial charge on any atom is 0.323 e. The summed E-state index contributed by atoms with van der Waals surface area (Å²) in [5.41, 5.74) is 9.01. The summed E-state index contributed by atoms with van der Waals surface area (Å²) in [5, 5.41) is 7.85. The van der Waals surface area contributed by atoms with E-state index in [0.717, 1.165) is 6.07 Å². The van der Waals surface area contributed by atoms with Gasteiger partial charge in [0.2, 0.25) is 5.91 Å². The van der Waals surface area contributed by atoms with E-state index < -0.39 is 11.8 Å². The molecule has 5 N–H and O–H groups in total. The normalized spacial score (nSPS) is 10.8. The second-order valence-corrected chi connectivity index (χ2v) is 8.03. The summed E-state index contributed by atoms with van der Waals surface area (Å²) < 4.78 is 20.4. The molecule has 5 aromatic rings. The summed E-state index contributed by atoms with van der Waals surface area (Å²) in [6, 6.07) is 15.4. The van der Waals surface area contributed by atoms with Crippen LogP contribution >= 0.6 is 0 Å². The number of nitrogens with zero attached hydrogens (tertiary/aromatic N) is 3. The molecule has 0 spiro atoms. The van der Waals surface area contributed by atoms with Gasteiger partial charge in [0.05, 0.1) is 17.3 Å². The maximum absolute atomic E-state index is 15.0. The molecule has 10 nitrogen and oxygen atoms in total. The number of nitrogens with two attached hydrogens (primary N) is 1. The lowest BCUT2D eigenvalue weighted by atomic mass is 10.1. The number of anilines is 4. The van der Waals surface area contributed by atoms with E-state index >= 15 is 4.39 Å². The van der Waals surface area contributed by atoms with Crippen LogP contribution in [0.5, 0.6) is 0 Å². The van der Waals surface area contributed by atoms with Crippen LogP contribution in [0.25, 0.3) is 33.7 Å². The third-order valence-electron chi connectivity index (χ3n) is 5.30. The molecule has 0 bridgehead atoms. The second-order valence-electron chi connectivity index (χ2n) is 8.03. The molecule has 184 valence electrons. The van der Waals surface area contributed by atoms with Gasteiger partial charge in [0, 0.05) is 35.7 Å². The van der Waals surface area contributed by atoms with Crippen molar-refractivity contribution in [2.45, 2.75) is 6.92 Å². The van der Waals surface area contributed by atoms with Gasteiger partial charge in [0.1, 0.15) is 17.1 Å². The van der Waals surface area contributed by atoms with Crippen LogP contribution in [0.4, 0.5) is 32.1 Å². The number of urea groups is 1. The molecule has 0 aliphatic heterocycles. The summed E-state index contributed by atoms with van der Waals surface area (Å²) >= 11 is 0. The topological polar surface area (TPSA) is 148 Å². The second kappa shape index (κ2) is 9.74. The average molecular weight is 497 g/mol. The van der Waals surface area contributed by atoms with Crippen LogP contribution in [0.2, 0.25) is 0 Å². The van der Waals surface area contributed by atoms with Gasteiger partial charge < -0.3 is 26.1 Å². The van der Waals surface area contributed by atoms with E-state index in [0.29, 0.717) is 33.7 Å². The molecule has 0 fully saturated rings. The lowest BCUT2D eigenvalue weighted by molar-refractivity contribution is -0.114. The van der Waals surface area contributed by atoms with E-state index in [1.807, 2.05) is 0 Å². The Bertz CT molecular complexity index is 1620. The zero-order chi connectivity index (χ0) is 25.9. The van der Waals surface area contributed by atoms with Crippen LogP contribution in [0.15, 0.2) is 77.5 Å². The van der Waals surface area contributed by atoms with E-state index in [9.17, 15) is 9.59 Å². The van der Waals surface area contributed by atoms with Gasteiger partial charge in [-0.05, 0) is 60.7 Å². The summed E-state index contributed by atoms with van der Waals surface area (Å²) in [6.45, 7) is 1.40. The fourth-order valence-corrected chi connectivity index (χ4v) is 3.65. The Balaban J connectivity index is 1.34. The number of nitrogens with one attached hydrogen (secondary N) is 3. The number of carbonyl (C=O) groups excluding carboxylic acids is 2. The van der Waals surface area contributed by atoms with E-state index in [2.05, 4.69) is 30.9 Å². The number of benzene rings is 2. The number of pyridine rings is 1. The Hall–Kier alpha value is -5.32. The Kier molecular flexibility index (Phi) is 6.17. The molecule has 2 aromatic carbocycles. The molecule has 0 aliphatic rings. The van der Waals surface area contributed by atoms with Crippen LogP contribution < -0.4 is 21.7 Å². The number of rotatable bonds is 5. The zero-order valence-corrected chi connectivity index (χ0v) is 19.4. The van der Waals surface area contributed by atoms with Crippen molar-refractivity contribution in [1.82, 2.24) is 15.0 Å². The summed E-state index contributed by atoms with van der Waals surface area (Å²) in [6.07, 6.45) is 3.15. The molecule has 0 atom stereocenters. The fourth-order valence-electron chi connectivity index (χ4n) is 3.65. The molecule has 0 saturated carbocycles. The van der Waals surface area contributed by atoms with E-state index in [1.54, 1.807) is 54.9 Å². The monoisotopic (exact) mass is 497 g/mol. The minimum atomic E-state index is -0.647. The van der Waals surface area contributed by atoms with E-state index in [4.69, 9.17) is 10.2 Å². The van der Waals surface area contributed by atoms with Crippen LogP contribution in [0, 0.1) is 5.82 Å². The van der Waals surface area contributed by atoms with Crippen LogP contribution in [-0.4, -0.2) is 26.9 Å². The zero-order valence-electron chi connectivity index (χ0n) is 19.4. The van der Waals surface area contributed by atoms with Crippen molar-refractivity contribution in [3.05, 3.63) is 78.9 Å². The molecule has 37 heavy (non-hydrogen) atoms. The molecular formula is C26H20FN7O3. The first kappa shape index (κ1) is 23.4. The molecule has 3 aromatic heterocycles. The number of nitrogen functional groups attached to an aromatic ring is 1. The first-order valence-corrected chi connectivity index (χ1v) is 11.1. The third kappa shape index (κ3) is 5.20. The van der Waals surface area contributed by atoms with Crippen LogP contribution in [0.1, 0.15) is 6.92 Å². The van der Waals surface area contributed by atoms with Gasteiger partial charge in [-0.1, -0.05) is 0 Å². The predicted octanol–water partition coefficient (Wildman–Crippen LogP) is 5.28. The standard InChI is InChI=1S/C26H20FN7O3/c1-14(35)30-16-4-6-17(7-5-16)31-26(36)32-18-8-9-19(20(27)12-18)25-33-21-11-15(22-3-2-10-37-22)13-29-23(21)24(28)34-25/h2-13H,1H3,(H,30,35)(H2,28,33,34)(H2,31,32,36). The van der Waals surface area contributed by atoms with Crippen molar-refractivity contribution in [3.63, 3.8) is 0 Å². The number of halogens is 1. The Morgan fingerprint density at radius 1 is 0.919 bits per heavy atom. The molecule has 5 rings (SSSR count). The maximum atomic E-state index is 15.0. The number of aromatic nitrogens is 3. The van der Waals surface area contributed by atoms with Gasteiger partial charge >= 0.3 is 6.03 Å². The summed E-state index contributed by atoms with van der Waals surface area (Å²) in [5.74, 6) is -0.0494. The van der Waals surface area contributed by atoms with Gasteiger partial charge in [-0.2, -0.15) is 0 Å². The first-order chi connectivity index (χ1) is 17.9. The van der Waals surface area contributed by atoms with Crippen molar-refractivity contribution in [2.75, 3.05) is 21.7 Å². The van der Waals surface area contributed by atoms with Crippen molar-refractivity contribution in [2.24, 2.45) is 0 Å². The SMILES string of the molecule is CC(=O)Nc1ccc(NC(=O)Nc2ccc(-c3nc(N)c4ncc(-c5ccco5)cc4n3)c(F)c2)cc1. The van der Waals surface area contributed by atoms with Gasteiger partial charge in [0.25, 0.3) is 0 Å². The highest BCUT2D eigenvalue weighted by Gasteiger charge is 2.15. The lowest BCUT2D eigenvalue weighted by Crippen LogP contribution is -2.19. The molecule has 0 aliphatic carbocycles. The van der Waals surface area contributed by atoms with Crippen molar-refractivity contribution in [3.8, 4) is 22.7 Å². The summed E-state index contributed by atoms with van der Waals surface area (Å²) in [7, 11) is 0. The van der Waals surface area contributed by atoms with Crippen molar-refractivity contribution in [1.29, 1.82) is 0 Å². The van der Waals surface area contributed by atoms with Crippen molar-refractivity contribution < 1.29 is 18.4 Å². The molecule has 0 radical (unpaired) electrons. The van der Waals surface area contributed by atoms with Crippen molar-refractivity contribution >= 4 is 45.9 Å². The lowest BCUT2D eigenvalue weighted by Gasteiger charge is -2.10. The van der Waals surface area contributed by atoms with Gasteiger partial charge in [0.15, 0.2) is 11.6 Å². The minimum Gasteiger partial charge on any atom is -0.464 e. The Morgan fingerprint density at radius 3 is 2.30 bits per heavy atom. The number of hydrogen-bond donors (Lipinski definition) is 4. The minimum absolute atomic E-state index is 0.0798. The van der Waals surface area contributed by atoms with E-state index in [-0.39, 0.29) is 28.8 Å². The average Bonchev–Trinajstić information content (AvgIpc) is 3.40. The van der Waals surface area contributed by atoms with E-state index in [1.165, 1.54) is 19.1 Å². The molecule has 11 heteroatoms. The first-order valence-electron chi connectivity index (χ1n) is 11.1. The van der Waals surface area contributed by atoms with Gasteiger partial charge in [-0.25, -0.2) is 24.1 Å². The third-order valence-corrected chi connectivity index (χ3v) is 5.30. The molecule has 3 heterocycles. The molecular weight excluding hydrogens is 477 g/mol. The highest BCUT2D eigenvalue weighted by molar-refractivity contribution is 6.00. The fraction of sp³-hybridized carbons (Fsp3) is 0.0385. The van der Waals surface area contributed by atoms with Gasteiger partial charge in [-0.3, -0.25) is 4.79 Å². The number of carbonyl (C=O) groups is 2. The highest BCUT2D eigenvalue weighted by atomic mass is 19.1. The largest absolute Gasteiger partial charge is 0.464 e. The van der Waals surface area contributed by atoms with Crippen LogP contribution in [0.3, 0.4) is 0 Å². The summed E-state index contributed by atoms with van der Waals surface area (Å²) in [4.78, 5) is 36.4. The highest BCUT2D eigenvalue weighted by Crippen LogP contribution is 2.28. The number of amides is 3. The van der Waals surface area contributed by atoms with Crippen LogP contribution in [-0.2, 0) is 4.79 Å². The quantitative estimate of drug-likeness (QED) is 0.258. The molecule has 3 amide bonds. The smallest absolute Gasteiger partial charge is 0.323 e. The predicted molar refractivity (Wildman–Crippen MR) is 138 cm³/mol. The number of fused-ring (bicyclic) bond motifs is 1. The molecule has 0 unspecified atom stereocenters.